The lowest BCUT2D eigenvalue weighted by molar-refractivity contribution is 0.150. The fourth-order valence-electron chi connectivity index (χ4n) is 3.66. The maximum Gasteiger partial charge on any atom is 0.291 e. The van der Waals surface area contributed by atoms with Crippen molar-refractivity contribution in [1.29, 1.82) is 0 Å². The molecule has 5 rings (SSSR count). The van der Waals surface area contributed by atoms with Gasteiger partial charge >= 0.3 is 0 Å². The van der Waals surface area contributed by atoms with Crippen LogP contribution in [0.25, 0.3) is 16.3 Å². The largest absolute Gasteiger partial charge is 0.317 e. The van der Waals surface area contributed by atoms with Crippen molar-refractivity contribution in [2.24, 2.45) is 0 Å². The van der Waals surface area contributed by atoms with Crippen molar-refractivity contribution < 1.29 is 8.78 Å². The number of imidazole rings is 1. The first kappa shape index (κ1) is 19.3. The normalized spacial score (nSPS) is 19.3. The number of hydrogen-bond donors (Lipinski definition) is 2. The highest BCUT2D eigenvalue weighted by atomic mass is 32.2. The van der Waals surface area contributed by atoms with Crippen LogP contribution in [0.2, 0.25) is 0 Å². The molecule has 1 aliphatic carbocycles. The van der Waals surface area contributed by atoms with Gasteiger partial charge in [0, 0.05) is 16.6 Å². The van der Waals surface area contributed by atoms with Gasteiger partial charge in [0.25, 0.3) is 6.43 Å². The van der Waals surface area contributed by atoms with Crippen LogP contribution in [0.1, 0.15) is 55.5 Å². The van der Waals surface area contributed by atoms with Crippen LogP contribution >= 0.6 is 23.3 Å². The molecular weight excluding hydrogens is 414 g/mol. The third-order valence-electron chi connectivity index (χ3n) is 5.66. The Labute approximate surface area is 175 Å². The monoisotopic (exact) mass is 436 g/mol. The summed E-state index contributed by atoms with van der Waals surface area (Å²) in [5.41, 5.74) is 2.48. The van der Waals surface area contributed by atoms with E-state index in [4.69, 9.17) is 0 Å². The Bertz CT molecular complexity index is 1020. The Morgan fingerprint density at radius 2 is 2.10 bits per heavy atom. The van der Waals surface area contributed by atoms with Crippen LogP contribution in [0.4, 0.5) is 8.78 Å². The topological polar surface area (TPSA) is 67.1 Å². The van der Waals surface area contributed by atoms with E-state index in [-0.39, 0.29) is 10.5 Å². The van der Waals surface area contributed by atoms with E-state index in [0.717, 1.165) is 47.7 Å². The summed E-state index contributed by atoms with van der Waals surface area (Å²) in [6.07, 6.45) is 5.75. The standard InChI is InChI=1S/C19H22F2N6S2/c1-19(4-5-19)26-29-12-8-13(11-2-6-22-7-3-11)14-9-23-16(27(14)10-12)18-25-24-17(28-18)15(20)21/h8-11,15,22,26H,2-7H2,1H3. The van der Waals surface area contributed by atoms with Gasteiger partial charge in [-0.1, -0.05) is 11.3 Å². The average Bonchev–Trinajstić information content (AvgIpc) is 3.11. The summed E-state index contributed by atoms with van der Waals surface area (Å²) in [5, 5.41) is 11.2. The lowest BCUT2D eigenvalue weighted by Crippen LogP contribution is -2.27. The molecule has 0 amide bonds. The van der Waals surface area contributed by atoms with E-state index in [0.29, 0.717) is 16.7 Å². The van der Waals surface area contributed by atoms with E-state index in [9.17, 15) is 8.78 Å². The zero-order valence-electron chi connectivity index (χ0n) is 16.0. The maximum atomic E-state index is 13.0. The first-order valence-corrected chi connectivity index (χ1v) is 11.4. The van der Waals surface area contributed by atoms with Crippen molar-refractivity contribution in [2.75, 3.05) is 13.1 Å². The van der Waals surface area contributed by atoms with Gasteiger partial charge in [0.15, 0.2) is 15.8 Å². The molecule has 0 bridgehead atoms. The first-order valence-electron chi connectivity index (χ1n) is 9.80. The number of nitrogens with one attached hydrogen (secondary N) is 2. The summed E-state index contributed by atoms with van der Waals surface area (Å²) in [5.74, 6) is 1.02. The Balaban J connectivity index is 1.57. The SMILES string of the molecule is CC1(NSc2cc(C3CCNCC3)c3cnc(-c4nnc(C(F)F)s4)n3c2)CC1. The highest BCUT2D eigenvalue weighted by Gasteiger charge is 2.37. The number of piperidine rings is 1. The second-order valence-corrected chi connectivity index (χ2v) is 9.89. The molecule has 0 radical (unpaired) electrons. The molecule has 2 aliphatic rings. The van der Waals surface area contributed by atoms with E-state index < -0.39 is 6.43 Å². The van der Waals surface area contributed by atoms with Crippen molar-refractivity contribution in [3.63, 3.8) is 0 Å². The molecule has 6 nitrogen and oxygen atoms in total. The molecule has 2 fully saturated rings. The van der Waals surface area contributed by atoms with Gasteiger partial charge in [0.2, 0.25) is 0 Å². The maximum absolute atomic E-state index is 13.0. The second-order valence-electron chi connectivity index (χ2n) is 8.00. The molecule has 3 aromatic rings. The molecule has 3 aromatic heterocycles. The highest BCUT2D eigenvalue weighted by molar-refractivity contribution is 7.97. The van der Waals surface area contributed by atoms with Crippen LogP contribution in [0.3, 0.4) is 0 Å². The van der Waals surface area contributed by atoms with Crippen molar-refractivity contribution >= 4 is 28.8 Å². The first-order chi connectivity index (χ1) is 14.0. The molecule has 0 unspecified atom stereocenters. The van der Waals surface area contributed by atoms with Crippen molar-refractivity contribution in [2.45, 2.75) is 55.4 Å². The van der Waals surface area contributed by atoms with Crippen LogP contribution < -0.4 is 10.0 Å². The summed E-state index contributed by atoms with van der Waals surface area (Å²) in [7, 11) is 0. The van der Waals surface area contributed by atoms with E-state index in [1.54, 1.807) is 11.9 Å². The van der Waals surface area contributed by atoms with Gasteiger partial charge in [-0.3, -0.25) is 9.12 Å². The lowest BCUT2D eigenvalue weighted by atomic mass is 9.90. The van der Waals surface area contributed by atoms with Gasteiger partial charge < -0.3 is 5.32 Å². The molecule has 29 heavy (non-hydrogen) atoms. The number of nitrogens with zero attached hydrogens (tertiary/aromatic N) is 4. The van der Waals surface area contributed by atoms with E-state index in [1.807, 2.05) is 16.8 Å². The Morgan fingerprint density at radius 1 is 1.31 bits per heavy atom. The summed E-state index contributed by atoms with van der Waals surface area (Å²) in [4.78, 5) is 5.63. The quantitative estimate of drug-likeness (QED) is 0.558. The fourth-order valence-corrected chi connectivity index (χ4v) is 5.26. The minimum absolute atomic E-state index is 0.206. The number of rotatable bonds is 6. The molecule has 0 atom stereocenters. The van der Waals surface area contributed by atoms with Crippen LogP contribution in [0.15, 0.2) is 23.4 Å². The number of aromatic nitrogens is 4. The summed E-state index contributed by atoms with van der Waals surface area (Å²) in [6.45, 7) is 4.22. The van der Waals surface area contributed by atoms with Crippen LogP contribution in [-0.4, -0.2) is 38.2 Å². The van der Waals surface area contributed by atoms with Gasteiger partial charge in [-0.05, 0) is 75.2 Å². The zero-order chi connectivity index (χ0) is 20.0. The molecule has 0 aromatic carbocycles. The highest BCUT2D eigenvalue weighted by Crippen LogP contribution is 2.39. The molecule has 10 heteroatoms. The minimum atomic E-state index is -2.62. The smallest absolute Gasteiger partial charge is 0.291 e. The number of alkyl halides is 2. The number of fused-ring (bicyclic) bond motifs is 1. The third-order valence-corrected chi connectivity index (χ3v) is 7.64. The van der Waals surface area contributed by atoms with Gasteiger partial charge in [-0.15, -0.1) is 10.2 Å². The second kappa shape index (κ2) is 7.57. The Morgan fingerprint density at radius 3 is 2.79 bits per heavy atom. The summed E-state index contributed by atoms with van der Waals surface area (Å²) in [6, 6.07) is 2.25. The molecule has 1 saturated heterocycles. The number of pyridine rings is 1. The predicted octanol–water partition coefficient (Wildman–Crippen LogP) is 4.41. The van der Waals surface area contributed by atoms with Crippen LogP contribution in [0, 0.1) is 0 Å². The summed E-state index contributed by atoms with van der Waals surface area (Å²) < 4.78 is 31.5. The minimum Gasteiger partial charge on any atom is -0.317 e. The molecule has 2 N–H and O–H groups in total. The predicted molar refractivity (Wildman–Crippen MR) is 111 cm³/mol. The zero-order valence-corrected chi connectivity index (χ0v) is 17.6. The van der Waals surface area contributed by atoms with Gasteiger partial charge in [-0.2, -0.15) is 0 Å². The fraction of sp³-hybridized carbons (Fsp3) is 0.526. The number of hydrogen-bond acceptors (Lipinski definition) is 7. The van der Waals surface area contributed by atoms with Crippen molar-refractivity contribution in [3.05, 3.63) is 29.0 Å². The summed E-state index contributed by atoms with van der Waals surface area (Å²) >= 11 is 2.53. The van der Waals surface area contributed by atoms with Crippen molar-refractivity contribution in [3.8, 4) is 10.8 Å². The molecule has 1 saturated carbocycles. The van der Waals surface area contributed by atoms with E-state index in [1.165, 1.54) is 18.4 Å². The van der Waals surface area contributed by atoms with Gasteiger partial charge in [-0.25, -0.2) is 13.8 Å². The van der Waals surface area contributed by atoms with Crippen molar-refractivity contribution in [1.82, 2.24) is 29.6 Å². The van der Waals surface area contributed by atoms with Crippen LogP contribution in [0.5, 0.6) is 0 Å². The Hall–Kier alpha value is -1.62. The van der Waals surface area contributed by atoms with Gasteiger partial charge in [0.05, 0.1) is 11.7 Å². The van der Waals surface area contributed by atoms with Gasteiger partial charge in [0.1, 0.15) is 0 Å². The molecule has 1 aliphatic heterocycles. The van der Waals surface area contributed by atoms with E-state index in [2.05, 4.69) is 38.2 Å². The molecular formula is C19H22F2N6S2. The lowest BCUT2D eigenvalue weighted by Gasteiger charge is -2.24. The number of halogens is 2. The molecule has 154 valence electrons. The molecule has 4 heterocycles. The van der Waals surface area contributed by atoms with Crippen LogP contribution in [-0.2, 0) is 0 Å². The average molecular weight is 437 g/mol. The van der Waals surface area contributed by atoms with E-state index >= 15 is 0 Å². The molecule has 0 spiro atoms. The third kappa shape index (κ3) is 3.90. The Kier molecular flexibility index (Phi) is 5.05.